The van der Waals surface area contributed by atoms with Crippen LogP contribution >= 0.6 is 0 Å². The molecule has 0 saturated heterocycles. The number of benzene rings is 1. The molecule has 108 valence electrons. The minimum absolute atomic E-state index is 0.0983. The van der Waals surface area contributed by atoms with Gasteiger partial charge >= 0.3 is 0 Å². The Balaban J connectivity index is 2.23. The summed E-state index contributed by atoms with van der Waals surface area (Å²) in [6.07, 6.45) is 2.32. The number of aliphatic hydroxyl groups is 1. The van der Waals surface area contributed by atoms with E-state index in [1.54, 1.807) is 0 Å². The number of nitrogens with one attached hydrogen (secondary N) is 1. The minimum Gasteiger partial charge on any atom is -0.394 e. The summed E-state index contributed by atoms with van der Waals surface area (Å²) in [4.78, 5) is -0.143. The number of aliphatic hydroxyl groups excluding tert-OH is 1. The second-order valence-corrected chi connectivity index (χ2v) is 5.58. The molecular formula is C11H11F2N3O3S. The van der Waals surface area contributed by atoms with Gasteiger partial charge in [-0.3, -0.25) is 9.40 Å². The Kier molecular flexibility index (Phi) is 4.00. The van der Waals surface area contributed by atoms with Gasteiger partial charge in [-0.15, -0.1) is 0 Å². The molecule has 0 aliphatic carbocycles. The van der Waals surface area contributed by atoms with Crippen LogP contribution in [0.5, 0.6) is 0 Å². The van der Waals surface area contributed by atoms with Gasteiger partial charge in [0.05, 0.1) is 25.0 Å². The second kappa shape index (κ2) is 5.55. The molecule has 6 nitrogen and oxygen atoms in total. The highest BCUT2D eigenvalue weighted by Gasteiger charge is 2.17. The van der Waals surface area contributed by atoms with Gasteiger partial charge in [0.2, 0.25) is 0 Å². The summed E-state index contributed by atoms with van der Waals surface area (Å²) < 4.78 is 53.1. The molecular weight excluding hydrogens is 292 g/mol. The second-order valence-electron chi connectivity index (χ2n) is 3.90. The molecule has 0 spiro atoms. The highest BCUT2D eigenvalue weighted by atomic mass is 32.2. The molecule has 0 fully saturated rings. The molecule has 0 aliphatic rings. The van der Waals surface area contributed by atoms with Crippen LogP contribution in [0.2, 0.25) is 0 Å². The summed E-state index contributed by atoms with van der Waals surface area (Å²) in [5.41, 5.74) is -0.0983. The molecule has 20 heavy (non-hydrogen) atoms. The molecule has 0 aliphatic heterocycles. The average molecular weight is 303 g/mol. The zero-order chi connectivity index (χ0) is 14.8. The van der Waals surface area contributed by atoms with Gasteiger partial charge in [0.1, 0.15) is 4.90 Å². The van der Waals surface area contributed by atoms with Crippen molar-refractivity contribution in [1.82, 2.24) is 9.78 Å². The third-order valence-electron chi connectivity index (χ3n) is 2.42. The van der Waals surface area contributed by atoms with E-state index in [4.69, 9.17) is 5.11 Å². The summed E-state index contributed by atoms with van der Waals surface area (Å²) in [7, 11) is -3.94. The van der Waals surface area contributed by atoms with E-state index in [1.165, 1.54) is 10.9 Å². The lowest BCUT2D eigenvalue weighted by Crippen LogP contribution is -2.12. The van der Waals surface area contributed by atoms with Gasteiger partial charge < -0.3 is 5.11 Å². The summed E-state index contributed by atoms with van der Waals surface area (Å²) in [6, 6.07) is 2.67. The first-order chi connectivity index (χ1) is 9.42. The Hall–Kier alpha value is -2.00. The summed E-state index contributed by atoms with van der Waals surface area (Å²) in [5, 5.41) is 12.5. The van der Waals surface area contributed by atoms with Crippen molar-refractivity contribution in [3.8, 4) is 0 Å². The molecule has 1 aromatic heterocycles. The van der Waals surface area contributed by atoms with Crippen LogP contribution in [0.4, 0.5) is 14.5 Å². The summed E-state index contributed by atoms with van der Waals surface area (Å²) in [6.45, 7) is -0.0293. The van der Waals surface area contributed by atoms with Crippen LogP contribution in [0.1, 0.15) is 0 Å². The van der Waals surface area contributed by atoms with E-state index in [0.717, 1.165) is 24.4 Å². The van der Waals surface area contributed by atoms with E-state index >= 15 is 0 Å². The lowest BCUT2D eigenvalue weighted by atomic mass is 10.3. The van der Waals surface area contributed by atoms with Gasteiger partial charge in [0, 0.05) is 12.3 Å². The van der Waals surface area contributed by atoms with Gasteiger partial charge in [-0.2, -0.15) is 5.10 Å². The average Bonchev–Trinajstić information content (AvgIpc) is 2.83. The maximum absolute atomic E-state index is 13.0. The number of aromatic nitrogens is 2. The number of anilines is 1. The normalized spacial score (nSPS) is 11.6. The molecule has 2 aromatic rings. The summed E-state index contributed by atoms with van der Waals surface area (Å²) >= 11 is 0. The minimum atomic E-state index is -3.94. The Labute approximate surface area is 113 Å². The van der Waals surface area contributed by atoms with Crippen LogP contribution in [0.25, 0.3) is 0 Å². The number of sulfonamides is 1. The number of nitrogens with zero attached hydrogens (tertiary/aromatic N) is 2. The lowest BCUT2D eigenvalue weighted by molar-refractivity contribution is 0.269. The van der Waals surface area contributed by atoms with Gasteiger partial charge in [-0.1, -0.05) is 0 Å². The first-order valence-corrected chi connectivity index (χ1v) is 7.02. The lowest BCUT2D eigenvalue weighted by Gasteiger charge is -2.06. The predicted molar refractivity (Wildman–Crippen MR) is 66.5 cm³/mol. The third-order valence-corrected chi connectivity index (χ3v) is 3.76. The number of hydrogen-bond acceptors (Lipinski definition) is 4. The van der Waals surface area contributed by atoms with Crippen LogP contribution in [0.15, 0.2) is 35.5 Å². The Morgan fingerprint density at radius 3 is 2.70 bits per heavy atom. The Morgan fingerprint density at radius 1 is 1.30 bits per heavy atom. The number of hydrogen-bond donors (Lipinski definition) is 2. The molecule has 2 rings (SSSR count). The van der Waals surface area contributed by atoms with Crippen molar-refractivity contribution < 1.29 is 22.3 Å². The standard InChI is InChI=1S/C11H11F2N3O3S/c12-10-2-1-8(5-11(10)13)15-20(18,19)9-6-14-16(7-9)3-4-17/h1-2,5-7,15,17H,3-4H2. The first kappa shape index (κ1) is 14.4. The fourth-order valence-corrected chi connectivity index (χ4v) is 2.48. The highest BCUT2D eigenvalue weighted by Crippen LogP contribution is 2.17. The van der Waals surface area contributed by atoms with Gasteiger partial charge in [-0.25, -0.2) is 17.2 Å². The van der Waals surface area contributed by atoms with E-state index < -0.39 is 21.7 Å². The van der Waals surface area contributed by atoms with Crippen molar-refractivity contribution in [1.29, 1.82) is 0 Å². The molecule has 0 amide bonds. The molecule has 0 radical (unpaired) electrons. The van der Waals surface area contributed by atoms with Crippen molar-refractivity contribution >= 4 is 15.7 Å². The molecule has 0 unspecified atom stereocenters. The van der Waals surface area contributed by atoms with E-state index in [0.29, 0.717) is 0 Å². The largest absolute Gasteiger partial charge is 0.394 e. The van der Waals surface area contributed by atoms with Crippen molar-refractivity contribution in [3.05, 3.63) is 42.2 Å². The Bertz CT molecular complexity index is 715. The molecule has 2 N–H and O–H groups in total. The van der Waals surface area contributed by atoms with Crippen LogP contribution in [0, 0.1) is 11.6 Å². The first-order valence-electron chi connectivity index (χ1n) is 5.53. The van der Waals surface area contributed by atoms with Gasteiger partial charge in [-0.05, 0) is 12.1 Å². The molecule has 9 heteroatoms. The van der Waals surface area contributed by atoms with Crippen molar-refractivity contribution in [2.75, 3.05) is 11.3 Å². The van der Waals surface area contributed by atoms with Crippen LogP contribution < -0.4 is 4.72 Å². The van der Waals surface area contributed by atoms with Crippen molar-refractivity contribution in [3.63, 3.8) is 0 Å². The van der Waals surface area contributed by atoms with E-state index in [2.05, 4.69) is 9.82 Å². The van der Waals surface area contributed by atoms with Gasteiger partial charge in [0.15, 0.2) is 11.6 Å². The highest BCUT2D eigenvalue weighted by molar-refractivity contribution is 7.92. The van der Waals surface area contributed by atoms with E-state index in [1.807, 2.05) is 0 Å². The molecule has 1 aromatic carbocycles. The number of rotatable bonds is 5. The zero-order valence-electron chi connectivity index (χ0n) is 10.1. The van der Waals surface area contributed by atoms with E-state index in [9.17, 15) is 17.2 Å². The van der Waals surface area contributed by atoms with Gasteiger partial charge in [0.25, 0.3) is 10.0 Å². The van der Waals surface area contributed by atoms with Crippen LogP contribution in [-0.2, 0) is 16.6 Å². The quantitative estimate of drug-likeness (QED) is 0.861. The van der Waals surface area contributed by atoms with E-state index in [-0.39, 0.29) is 23.7 Å². The zero-order valence-corrected chi connectivity index (χ0v) is 10.9. The van der Waals surface area contributed by atoms with Crippen LogP contribution in [-0.4, -0.2) is 29.9 Å². The van der Waals surface area contributed by atoms with Crippen molar-refractivity contribution in [2.24, 2.45) is 0 Å². The molecule has 0 saturated carbocycles. The topological polar surface area (TPSA) is 84.2 Å². The molecule has 0 bridgehead atoms. The predicted octanol–water partition coefficient (Wildman–Crippen LogP) is 0.954. The Morgan fingerprint density at radius 2 is 2.05 bits per heavy atom. The van der Waals surface area contributed by atoms with Crippen LogP contribution in [0.3, 0.4) is 0 Å². The fraction of sp³-hybridized carbons (Fsp3) is 0.182. The summed E-state index contributed by atoms with van der Waals surface area (Å²) in [5.74, 6) is -2.22. The fourth-order valence-electron chi connectivity index (χ4n) is 1.48. The smallest absolute Gasteiger partial charge is 0.265 e. The third kappa shape index (κ3) is 3.11. The SMILES string of the molecule is O=S(=O)(Nc1ccc(F)c(F)c1)c1cnn(CCO)c1. The maximum Gasteiger partial charge on any atom is 0.265 e. The molecule has 1 heterocycles. The van der Waals surface area contributed by atoms with Crippen molar-refractivity contribution in [2.45, 2.75) is 11.4 Å². The maximum atomic E-state index is 13.0. The molecule has 0 atom stereocenters. The number of halogens is 2. The monoisotopic (exact) mass is 303 g/mol.